The molecular formula is C56H77F3N2O7. The average Bonchev–Trinajstić information content (AvgIpc) is 3.95. The first-order chi connectivity index (χ1) is 32.1. The maximum absolute atomic E-state index is 14.2. The number of Topliss-reactive ketones (excluding diaryl/α,β-unsaturated/α-hetero) is 2. The topological polar surface area (TPSA) is 125 Å². The third-order valence-electron chi connectivity index (χ3n) is 21.8. The second kappa shape index (κ2) is 16.2. The Morgan fingerprint density at radius 2 is 1.21 bits per heavy atom. The van der Waals surface area contributed by atoms with E-state index in [2.05, 4.69) is 52.1 Å². The van der Waals surface area contributed by atoms with E-state index < -0.39 is 29.8 Å². The van der Waals surface area contributed by atoms with Gasteiger partial charge in [-0.05, 0) is 168 Å². The van der Waals surface area contributed by atoms with Crippen LogP contribution in [0.1, 0.15) is 145 Å². The molecule has 4 heterocycles. The zero-order chi connectivity index (χ0) is 48.4. The second-order valence-electron chi connectivity index (χ2n) is 25.2. The van der Waals surface area contributed by atoms with E-state index in [9.17, 15) is 37.8 Å². The number of nitrogens with one attached hydrogen (secondary N) is 1. The summed E-state index contributed by atoms with van der Waals surface area (Å²) in [7, 11) is 0. The Hall–Kier alpha value is -2.64. The smallest absolute Gasteiger partial charge is 0.393 e. The van der Waals surface area contributed by atoms with Crippen molar-refractivity contribution in [2.24, 2.45) is 70.0 Å². The molecule has 0 bridgehead atoms. The van der Waals surface area contributed by atoms with Gasteiger partial charge in [0.1, 0.15) is 0 Å². The van der Waals surface area contributed by atoms with Crippen LogP contribution in [0.3, 0.4) is 0 Å². The van der Waals surface area contributed by atoms with Crippen LogP contribution in [0.4, 0.5) is 13.2 Å². The second-order valence-corrected chi connectivity index (χ2v) is 25.2. The van der Waals surface area contributed by atoms with Crippen molar-refractivity contribution >= 4 is 17.5 Å². The minimum absolute atomic E-state index is 0.0653. The highest BCUT2D eigenvalue weighted by Gasteiger charge is 2.67. The van der Waals surface area contributed by atoms with E-state index in [0.29, 0.717) is 61.2 Å². The summed E-state index contributed by atoms with van der Waals surface area (Å²) < 4.78 is 54.3. The van der Waals surface area contributed by atoms with Crippen LogP contribution in [0.5, 0.6) is 0 Å². The van der Waals surface area contributed by atoms with Crippen molar-refractivity contribution in [1.82, 2.24) is 10.2 Å². The molecule has 8 aliphatic carbocycles. The molecule has 1 amide bonds. The van der Waals surface area contributed by atoms with Crippen LogP contribution in [0.2, 0.25) is 0 Å². The molecule has 0 aromatic carbocycles. The monoisotopic (exact) mass is 947 g/mol. The fourth-order valence-electron chi connectivity index (χ4n) is 18.5. The number of carbonyl (C=O) groups excluding carboxylic acids is 3. The summed E-state index contributed by atoms with van der Waals surface area (Å²) in [6.07, 6.45) is 10.7. The number of aliphatic hydroxyl groups excluding tert-OH is 2. The normalized spacial score (nSPS) is 50.3. The van der Waals surface area contributed by atoms with E-state index in [0.717, 1.165) is 92.4 Å². The lowest BCUT2D eigenvalue weighted by atomic mass is 9.56. The number of likely N-dealkylation sites (tertiary alicyclic amines) is 1. The van der Waals surface area contributed by atoms with Gasteiger partial charge in [0.15, 0.2) is 11.6 Å². The Kier molecular flexibility index (Phi) is 11.3. The summed E-state index contributed by atoms with van der Waals surface area (Å²) in [5, 5.41) is 24.3. The van der Waals surface area contributed by atoms with Crippen molar-refractivity contribution in [2.45, 2.75) is 199 Å². The number of halogens is 3. The average molecular weight is 947 g/mol. The van der Waals surface area contributed by atoms with Crippen molar-refractivity contribution in [3.63, 3.8) is 0 Å². The van der Waals surface area contributed by atoms with Crippen LogP contribution in [0, 0.1) is 70.0 Å². The highest BCUT2D eigenvalue weighted by Crippen LogP contribution is 2.66. The SMILES string of the molecule is CC1=C2C(=O)[C@H]3[C@@H](CC=C4C[C@@H](O)CC[C@@]43C)[C@@H]2CCC12O[C@@H]1C[C@H](C)CN(C(=O)C(F)(F)F)[C@H]1[C@H]2C.CC1=C2C(=O)[C@H]3[C@@H](CC=C4C[C@@H](O)CC[C@@]43C)[C@@H]2CCC12O[C@@H]1C[C@H](C)CN[C@H]1[C@H]2C. The van der Waals surface area contributed by atoms with Crippen molar-refractivity contribution in [3.05, 3.63) is 45.6 Å². The fourth-order valence-corrected chi connectivity index (χ4v) is 18.5. The Bertz CT molecular complexity index is 2290. The molecule has 0 aromatic rings. The highest BCUT2D eigenvalue weighted by atomic mass is 19.4. The van der Waals surface area contributed by atoms with Crippen LogP contribution < -0.4 is 5.32 Å². The number of allylic oxidation sites excluding steroid dienone is 4. The van der Waals surface area contributed by atoms with Gasteiger partial charge >= 0.3 is 12.1 Å². The van der Waals surface area contributed by atoms with Gasteiger partial charge in [-0.15, -0.1) is 0 Å². The van der Waals surface area contributed by atoms with E-state index >= 15 is 0 Å². The fraction of sp³-hybridized carbons (Fsp3) is 0.804. The molecule has 20 atom stereocenters. The molecule has 2 unspecified atom stereocenters. The number of ether oxygens (including phenoxy) is 2. The van der Waals surface area contributed by atoms with Crippen molar-refractivity contribution < 1.29 is 47.2 Å². The van der Waals surface area contributed by atoms with E-state index in [4.69, 9.17) is 9.47 Å². The lowest BCUT2D eigenvalue weighted by Crippen LogP contribution is -2.57. The molecule has 12 rings (SSSR count). The summed E-state index contributed by atoms with van der Waals surface area (Å²) in [4.78, 5) is 41.8. The van der Waals surface area contributed by atoms with E-state index in [1.165, 1.54) is 16.7 Å². The minimum Gasteiger partial charge on any atom is -0.393 e. The number of rotatable bonds is 0. The predicted octanol–water partition coefficient (Wildman–Crippen LogP) is 9.16. The molecule has 0 aromatic heterocycles. The maximum Gasteiger partial charge on any atom is 0.471 e. The number of carbonyl (C=O) groups is 3. The van der Waals surface area contributed by atoms with Gasteiger partial charge in [0.25, 0.3) is 0 Å². The molecule has 4 saturated carbocycles. The molecule has 8 fully saturated rings. The highest BCUT2D eigenvalue weighted by molar-refractivity contribution is 6.03. The molecule has 12 heteroatoms. The van der Waals surface area contributed by atoms with Gasteiger partial charge in [0, 0.05) is 47.4 Å². The number of hydrogen-bond acceptors (Lipinski definition) is 8. The van der Waals surface area contributed by atoms with Gasteiger partial charge in [-0.25, -0.2) is 0 Å². The van der Waals surface area contributed by atoms with Gasteiger partial charge in [0.2, 0.25) is 0 Å². The number of aliphatic hydroxyl groups is 2. The zero-order valence-corrected chi connectivity index (χ0v) is 41.7. The Morgan fingerprint density at radius 1 is 0.721 bits per heavy atom. The van der Waals surface area contributed by atoms with Gasteiger partial charge in [-0.2, -0.15) is 13.2 Å². The zero-order valence-electron chi connectivity index (χ0n) is 41.7. The largest absolute Gasteiger partial charge is 0.471 e. The third kappa shape index (κ3) is 6.66. The number of piperidine rings is 2. The third-order valence-corrected chi connectivity index (χ3v) is 21.8. The first-order valence-corrected chi connectivity index (χ1v) is 26.8. The van der Waals surface area contributed by atoms with Gasteiger partial charge in [0.05, 0.1) is 41.7 Å². The van der Waals surface area contributed by atoms with Crippen LogP contribution in [-0.2, 0) is 23.9 Å². The Morgan fingerprint density at radius 3 is 1.72 bits per heavy atom. The molecular weight excluding hydrogens is 870 g/mol. The lowest BCUT2D eigenvalue weighted by Gasteiger charge is -2.48. The Labute approximate surface area is 401 Å². The quantitative estimate of drug-likeness (QED) is 0.206. The molecule has 9 nitrogen and oxygen atoms in total. The van der Waals surface area contributed by atoms with Crippen LogP contribution in [0.25, 0.3) is 0 Å². The number of ketones is 2. The first kappa shape index (κ1) is 47.7. The molecule has 3 N–H and O–H groups in total. The standard InChI is InChI=1S/C29H38F3NO4.C27H39NO3/c1-14-11-21-24(33(13-14)26(36)29(30,31)32)16(3)28(37-21)10-8-19-20-6-5-17-12-18(34)7-9-27(17,4)23(20)25(35)22(19)15(28)2;1-14-11-21-24(28-13-14)16(3)27(31-21)10-8-19-20-6-5-17-12-18(29)7-9-26(17,4)23(20)25(30)22(19)15(27)2/h5,14,16,18-21,23-24,34H,6-13H2,1-4H3;5,14,16,18-21,23-24,28-29H,6-13H2,1-4H3/t14-,16+,18-,19-,20-,21+,23+,24-,27-,28?;14-,16+,18-,19-,20-,21+,23+,24-,26-,27?/m00/s1. The number of hydrogen-bond donors (Lipinski definition) is 3. The predicted molar refractivity (Wildman–Crippen MR) is 251 cm³/mol. The van der Waals surface area contributed by atoms with Gasteiger partial charge in [-0.3, -0.25) is 14.4 Å². The van der Waals surface area contributed by atoms with Crippen molar-refractivity contribution in [3.8, 4) is 0 Å². The molecule has 2 spiro atoms. The van der Waals surface area contributed by atoms with E-state index in [1.807, 2.05) is 20.8 Å². The number of fused-ring (bicyclic) bond motifs is 12. The van der Waals surface area contributed by atoms with E-state index in [-0.39, 0.29) is 82.6 Å². The first-order valence-electron chi connectivity index (χ1n) is 26.8. The van der Waals surface area contributed by atoms with Crippen molar-refractivity contribution in [2.75, 3.05) is 13.1 Å². The van der Waals surface area contributed by atoms with Crippen LogP contribution in [0.15, 0.2) is 45.6 Å². The maximum atomic E-state index is 14.2. The summed E-state index contributed by atoms with van der Waals surface area (Å²) in [6, 6.07) is -0.241. The summed E-state index contributed by atoms with van der Waals surface area (Å²) in [5.74, 6) is 0.612. The number of nitrogens with zero attached hydrogens (tertiary/aromatic N) is 1. The van der Waals surface area contributed by atoms with Crippen LogP contribution >= 0.6 is 0 Å². The lowest BCUT2D eigenvalue weighted by molar-refractivity contribution is -0.192. The number of alkyl halides is 3. The van der Waals surface area contributed by atoms with E-state index in [1.54, 1.807) is 0 Å². The van der Waals surface area contributed by atoms with Gasteiger partial charge in [-0.1, -0.05) is 64.8 Å². The summed E-state index contributed by atoms with van der Waals surface area (Å²) in [5.41, 5.74) is 5.29. The molecule has 12 aliphatic rings. The molecule has 68 heavy (non-hydrogen) atoms. The summed E-state index contributed by atoms with van der Waals surface area (Å²) in [6.45, 7) is 18.3. The van der Waals surface area contributed by atoms with Crippen molar-refractivity contribution in [1.29, 1.82) is 0 Å². The Balaban J connectivity index is 0.000000151. The van der Waals surface area contributed by atoms with Gasteiger partial charge < -0.3 is 29.9 Å². The minimum atomic E-state index is -4.92. The van der Waals surface area contributed by atoms with Crippen LogP contribution in [-0.4, -0.2) is 99.6 Å². The molecule has 374 valence electrons. The molecule has 0 radical (unpaired) electrons. The summed E-state index contributed by atoms with van der Waals surface area (Å²) >= 11 is 0. The molecule has 4 saturated heterocycles. The molecule has 4 aliphatic heterocycles. The number of amides is 1.